The Hall–Kier alpha value is -0.830. The van der Waals surface area contributed by atoms with E-state index in [0.717, 1.165) is 32.1 Å². The van der Waals surface area contributed by atoms with E-state index in [0.29, 0.717) is 5.92 Å². The van der Waals surface area contributed by atoms with E-state index >= 15 is 0 Å². The Labute approximate surface area is 165 Å². The number of rotatable bonds is 4. The van der Waals surface area contributed by atoms with Gasteiger partial charge in [-0.2, -0.15) is 5.10 Å². The third kappa shape index (κ3) is 10.4. The van der Waals surface area contributed by atoms with Gasteiger partial charge in [0.05, 0.1) is 5.69 Å². The van der Waals surface area contributed by atoms with Gasteiger partial charge in [-0.1, -0.05) is 76.2 Å². The van der Waals surface area contributed by atoms with Crippen molar-refractivity contribution in [1.29, 1.82) is 0 Å². The van der Waals surface area contributed by atoms with Crippen molar-refractivity contribution in [2.24, 2.45) is 5.92 Å². The fraction of sp³-hybridized carbons (Fsp3) is 0.870. The molecule has 1 aliphatic rings. The first-order valence-corrected chi connectivity index (χ1v) is 11.3. The molecule has 1 aromatic heterocycles. The molecule has 3 heteroatoms. The fourth-order valence-corrected chi connectivity index (χ4v) is 2.99. The summed E-state index contributed by atoms with van der Waals surface area (Å²) in [6.07, 6.45) is 3.39. The highest BCUT2D eigenvalue weighted by Crippen LogP contribution is 2.25. The molecule has 0 atom stereocenters. The van der Waals surface area contributed by atoms with E-state index in [4.69, 9.17) is 9.84 Å². The van der Waals surface area contributed by atoms with E-state index in [-0.39, 0.29) is 0 Å². The molecule has 1 fully saturated rings. The number of aryl methyl sites for hydroxylation is 1. The summed E-state index contributed by atoms with van der Waals surface area (Å²) in [7, 11) is 0. The van der Waals surface area contributed by atoms with Crippen LogP contribution in [0.3, 0.4) is 0 Å². The molecule has 1 aliphatic heterocycles. The van der Waals surface area contributed by atoms with Gasteiger partial charge < -0.3 is 4.74 Å². The van der Waals surface area contributed by atoms with Crippen molar-refractivity contribution in [1.82, 2.24) is 9.78 Å². The van der Waals surface area contributed by atoms with Crippen molar-refractivity contribution in [2.75, 3.05) is 13.2 Å². The topological polar surface area (TPSA) is 27.1 Å². The first-order valence-electron chi connectivity index (χ1n) is 11.3. The summed E-state index contributed by atoms with van der Waals surface area (Å²) >= 11 is 0. The predicted octanol–water partition coefficient (Wildman–Crippen LogP) is 7.41. The third-order valence-corrected chi connectivity index (χ3v) is 4.01. The minimum atomic E-state index is 0.573. The predicted molar refractivity (Wildman–Crippen MR) is 119 cm³/mol. The molecule has 0 bridgehead atoms. The summed E-state index contributed by atoms with van der Waals surface area (Å²) in [5, 5.41) is 4.82. The van der Waals surface area contributed by atoms with Crippen LogP contribution in [0.1, 0.15) is 112 Å². The second-order valence-corrected chi connectivity index (χ2v) is 5.69. The van der Waals surface area contributed by atoms with Crippen LogP contribution in [0, 0.1) is 12.8 Å². The highest BCUT2D eigenvalue weighted by atomic mass is 16.5. The van der Waals surface area contributed by atoms with Gasteiger partial charge in [-0.25, -0.2) is 0 Å². The fourth-order valence-electron chi connectivity index (χ4n) is 2.99. The van der Waals surface area contributed by atoms with Crippen LogP contribution in [-0.2, 0) is 17.7 Å². The zero-order valence-corrected chi connectivity index (χ0v) is 20.2. The molecule has 0 unspecified atom stereocenters. The van der Waals surface area contributed by atoms with Crippen molar-refractivity contribution in [3.8, 4) is 0 Å². The van der Waals surface area contributed by atoms with Gasteiger partial charge in [-0.15, -0.1) is 0 Å². The van der Waals surface area contributed by atoms with Gasteiger partial charge in [0.25, 0.3) is 0 Å². The smallest absolute Gasteiger partial charge is 0.0659 e. The lowest BCUT2D eigenvalue weighted by atomic mass is 9.98. The van der Waals surface area contributed by atoms with E-state index in [1.54, 1.807) is 0 Å². The van der Waals surface area contributed by atoms with Crippen LogP contribution in [0.2, 0.25) is 0 Å². The summed E-state index contributed by atoms with van der Waals surface area (Å²) < 4.78 is 7.67. The Morgan fingerprint density at radius 1 is 0.962 bits per heavy atom. The van der Waals surface area contributed by atoms with Crippen LogP contribution < -0.4 is 0 Å². The first kappa shape index (κ1) is 29.9. The molecule has 0 aliphatic carbocycles. The molecule has 0 radical (unpaired) electrons. The molecular weight excluding hydrogens is 320 g/mol. The van der Waals surface area contributed by atoms with Crippen LogP contribution in [-0.4, -0.2) is 23.0 Å². The Morgan fingerprint density at radius 3 is 1.77 bits per heavy atom. The number of hydrogen-bond donors (Lipinski definition) is 0. The van der Waals surface area contributed by atoms with Crippen molar-refractivity contribution in [3.63, 3.8) is 0 Å². The van der Waals surface area contributed by atoms with Gasteiger partial charge in [0.15, 0.2) is 0 Å². The lowest BCUT2D eigenvalue weighted by molar-refractivity contribution is 0.0599. The largest absolute Gasteiger partial charge is 0.381 e. The molecule has 0 spiro atoms. The molecule has 1 aromatic rings. The number of nitrogens with zero attached hydrogens (tertiary/aromatic N) is 2. The van der Waals surface area contributed by atoms with Crippen molar-refractivity contribution in [2.45, 2.75) is 115 Å². The molecule has 0 saturated carbocycles. The van der Waals surface area contributed by atoms with Crippen molar-refractivity contribution < 1.29 is 4.74 Å². The van der Waals surface area contributed by atoms with E-state index < -0.39 is 0 Å². The van der Waals surface area contributed by atoms with E-state index in [9.17, 15) is 0 Å². The summed E-state index contributed by atoms with van der Waals surface area (Å²) in [4.78, 5) is 0. The van der Waals surface area contributed by atoms with Crippen LogP contribution >= 0.6 is 0 Å². The summed E-state index contributed by atoms with van der Waals surface area (Å²) in [5.41, 5.74) is 4.12. The van der Waals surface area contributed by atoms with Crippen molar-refractivity contribution in [3.05, 3.63) is 17.0 Å². The molecule has 1 saturated heterocycles. The zero-order chi connectivity index (χ0) is 21.1. The second kappa shape index (κ2) is 20.5. The normalized spacial score (nSPS) is 13.1. The second-order valence-electron chi connectivity index (χ2n) is 5.69. The SMILES string of the molecule is CC.CC.CC.CC.CCc1nn(CC2CCOCC2)c(C)c1C(C)C. The average molecular weight is 371 g/mol. The number of aromatic nitrogens is 2. The van der Waals surface area contributed by atoms with Gasteiger partial charge in [0.2, 0.25) is 0 Å². The molecule has 3 nitrogen and oxygen atoms in total. The molecule has 0 aromatic carbocycles. The summed E-state index contributed by atoms with van der Waals surface area (Å²) in [5.74, 6) is 1.31. The Balaban J connectivity index is -0.000000585. The Bertz CT molecular complexity index is 391. The molecule has 2 heterocycles. The van der Waals surface area contributed by atoms with Gasteiger partial charge in [-0.05, 0) is 43.6 Å². The van der Waals surface area contributed by atoms with Gasteiger partial charge in [0.1, 0.15) is 0 Å². The van der Waals surface area contributed by atoms with Gasteiger partial charge >= 0.3 is 0 Å². The monoisotopic (exact) mass is 370 g/mol. The van der Waals surface area contributed by atoms with Crippen LogP contribution in [0.15, 0.2) is 0 Å². The maximum atomic E-state index is 5.43. The summed E-state index contributed by atoms with van der Waals surface area (Å²) in [6.45, 7) is 27.9. The lowest BCUT2D eigenvalue weighted by Gasteiger charge is -2.22. The van der Waals surface area contributed by atoms with Crippen LogP contribution in [0.4, 0.5) is 0 Å². The molecule has 158 valence electrons. The highest BCUT2D eigenvalue weighted by Gasteiger charge is 2.20. The molecule has 0 N–H and O–H groups in total. The third-order valence-electron chi connectivity index (χ3n) is 4.01. The molecule has 0 amide bonds. The zero-order valence-electron chi connectivity index (χ0n) is 20.2. The number of hydrogen-bond acceptors (Lipinski definition) is 2. The maximum Gasteiger partial charge on any atom is 0.0659 e. The Kier molecular flexibility index (Phi) is 23.6. The molecular formula is C23H50N2O. The number of ether oxygens (including phenoxy) is 1. The maximum absolute atomic E-state index is 5.43. The van der Waals surface area contributed by atoms with E-state index in [1.165, 1.54) is 29.8 Å². The standard InChI is InChI=1S/C15H26N2O.4C2H6/c1-5-14-15(11(2)3)12(4)17(16-14)10-13-6-8-18-9-7-13;4*1-2/h11,13H,5-10H2,1-4H3;4*1-2H3. The average Bonchev–Trinajstić information content (AvgIpc) is 3.04. The van der Waals surface area contributed by atoms with E-state index in [1.807, 2.05) is 55.4 Å². The van der Waals surface area contributed by atoms with E-state index in [2.05, 4.69) is 32.4 Å². The van der Waals surface area contributed by atoms with Gasteiger partial charge in [0, 0.05) is 25.5 Å². The molecule has 2 rings (SSSR count). The highest BCUT2D eigenvalue weighted by molar-refractivity contribution is 5.28. The quantitative estimate of drug-likeness (QED) is 0.551. The minimum Gasteiger partial charge on any atom is -0.381 e. The Morgan fingerprint density at radius 2 is 1.42 bits per heavy atom. The first-order chi connectivity index (χ1) is 12.6. The van der Waals surface area contributed by atoms with Crippen molar-refractivity contribution >= 4 is 0 Å². The molecule has 26 heavy (non-hydrogen) atoms. The minimum absolute atomic E-state index is 0.573. The summed E-state index contributed by atoms with van der Waals surface area (Å²) in [6, 6.07) is 0. The van der Waals surface area contributed by atoms with Gasteiger partial charge in [-0.3, -0.25) is 4.68 Å². The van der Waals surface area contributed by atoms with Crippen LogP contribution in [0.5, 0.6) is 0 Å². The lowest BCUT2D eigenvalue weighted by Crippen LogP contribution is -2.21. The van der Waals surface area contributed by atoms with Crippen LogP contribution in [0.25, 0.3) is 0 Å².